The van der Waals surface area contributed by atoms with Crippen LogP contribution in [0.15, 0.2) is 0 Å². The second-order valence-corrected chi connectivity index (χ2v) is 12.0. The Kier molecular flexibility index (Phi) is 23.8. The van der Waals surface area contributed by atoms with Crippen molar-refractivity contribution in [1.29, 1.82) is 0 Å². The van der Waals surface area contributed by atoms with Crippen LogP contribution in [0.1, 0.15) is 142 Å². The molecule has 35 heavy (non-hydrogen) atoms. The monoisotopic (exact) mass is 512 g/mol. The lowest BCUT2D eigenvalue weighted by molar-refractivity contribution is -0.121. The van der Waals surface area contributed by atoms with Crippen molar-refractivity contribution in [3.8, 4) is 0 Å². The van der Waals surface area contributed by atoms with Crippen LogP contribution in [-0.4, -0.2) is 59.7 Å². The number of hydrogen-bond donors (Lipinski definition) is 2. The molecule has 0 saturated carbocycles. The minimum atomic E-state index is -0.121. The third-order valence-electron chi connectivity index (χ3n) is 7.39. The topological polar surface area (TPSA) is 52.6 Å². The number of nitrogens with one attached hydrogen (secondary N) is 1. The van der Waals surface area contributed by atoms with E-state index in [2.05, 4.69) is 28.9 Å². The first kappa shape index (κ1) is 32.8. The van der Waals surface area contributed by atoms with Gasteiger partial charge >= 0.3 is 0 Å². The Morgan fingerprint density at radius 3 is 1.71 bits per heavy atom. The number of aliphatic hydroxyl groups excluding tert-OH is 1. The number of amides is 1. The third-order valence-corrected chi connectivity index (χ3v) is 8.55. The summed E-state index contributed by atoms with van der Waals surface area (Å²) >= 11 is 2.17. The second kappa shape index (κ2) is 25.4. The first-order valence-corrected chi connectivity index (χ1v) is 16.6. The zero-order valence-electron chi connectivity index (χ0n) is 23.4. The van der Waals surface area contributed by atoms with Crippen molar-refractivity contribution in [3.05, 3.63) is 0 Å². The van der Waals surface area contributed by atoms with Gasteiger partial charge in [0.1, 0.15) is 0 Å². The molecule has 1 aliphatic heterocycles. The van der Waals surface area contributed by atoms with Crippen LogP contribution in [0.5, 0.6) is 0 Å². The van der Waals surface area contributed by atoms with E-state index in [4.69, 9.17) is 0 Å². The SMILES string of the molecule is CCCCCCCCCCCCSCCCCCCCCCCC(=O)NCCN1CCC(O)CC1. The standard InChI is InChI=1S/C30H60N2O2S/c1-2-3-4-5-6-7-9-12-15-18-27-35-28-19-16-13-10-8-11-14-17-20-30(34)31-23-26-32-24-21-29(33)22-25-32/h29,33H,2-28H2,1H3,(H,31,34). The summed E-state index contributed by atoms with van der Waals surface area (Å²) in [5.41, 5.74) is 0. The Morgan fingerprint density at radius 2 is 1.20 bits per heavy atom. The smallest absolute Gasteiger partial charge is 0.220 e. The van der Waals surface area contributed by atoms with Gasteiger partial charge in [0.15, 0.2) is 0 Å². The summed E-state index contributed by atoms with van der Waals surface area (Å²) in [5.74, 6) is 2.93. The summed E-state index contributed by atoms with van der Waals surface area (Å²) in [4.78, 5) is 14.3. The highest BCUT2D eigenvalue weighted by atomic mass is 32.2. The Bertz CT molecular complexity index is 456. The van der Waals surface area contributed by atoms with Gasteiger partial charge in [0.25, 0.3) is 0 Å². The molecule has 2 N–H and O–H groups in total. The van der Waals surface area contributed by atoms with Crippen molar-refractivity contribution >= 4 is 17.7 Å². The van der Waals surface area contributed by atoms with E-state index in [0.717, 1.165) is 45.4 Å². The summed E-state index contributed by atoms with van der Waals surface area (Å²) in [6, 6.07) is 0. The molecule has 0 spiro atoms. The quantitative estimate of drug-likeness (QED) is 0.123. The fourth-order valence-electron chi connectivity index (χ4n) is 4.93. The lowest BCUT2D eigenvalue weighted by Gasteiger charge is -2.29. The zero-order chi connectivity index (χ0) is 25.2. The number of piperidine rings is 1. The maximum Gasteiger partial charge on any atom is 0.220 e. The lowest BCUT2D eigenvalue weighted by Crippen LogP contribution is -2.40. The number of unbranched alkanes of at least 4 members (excludes halogenated alkanes) is 16. The van der Waals surface area contributed by atoms with Crippen LogP contribution in [0.4, 0.5) is 0 Å². The van der Waals surface area contributed by atoms with Crippen molar-refractivity contribution in [1.82, 2.24) is 10.2 Å². The van der Waals surface area contributed by atoms with Crippen molar-refractivity contribution < 1.29 is 9.90 Å². The number of likely N-dealkylation sites (tertiary alicyclic amines) is 1. The van der Waals surface area contributed by atoms with Gasteiger partial charge < -0.3 is 15.3 Å². The Labute approximate surface area is 223 Å². The number of aliphatic hydroxyl groups is 1. The third kappa shape index (κ3) is 22.6. The van der Waals surface area contributed by atoms with Crippen LogP contribution in [-0.2, 0) is 4.79 Å². The van der Waals surface area contributed by atoms with Gasteiger partial charge in [-0.25, -0.2) is 0 Å². The summed E-state index contributed by atoms with van der Waals surface area (Å²) in [7, 11) is 0. The average Bonchev–Trinajstić information content (AvgIpc) is 2.86. The molecule has 1 heterocycles. The van der Waals surface area contributed by atoms with Crippen LogP contribution >= 0.6 is 11.8 Å². The molecule has 0 aliphatic carbocycles. The van der Waals surface area contributed by atoms with Crippen LogP contribution in [0, 0.1) is 0 Å². The van der Waals surface area contributed by atoms with E-state index in [0.29, 0.717) is 6.42 Å². The van der Waals surface area contributed by atoms with Crippen LogP contribution < -0.4 is 5.32 Å². The van der Waals surface area contributed by atoms with Crippen molar-refractivity contribution in [3.63, 3.8) is 0 Å². The van der Waals surface area contributed by atoms with E-state index in [9.17, 15) is 9.90 Å². The molecule has 0 atom stereocenters. The maximum atomic E-state index is 12.0. The molecule has 0 aromatic carbocycles. The van der Waals surface area contributed by atoms with Crippen molar-refractivity contribution in [2.75, 3.05) is 37.7 Å². The molecule has 0 bridgehead atoms. The highest BCUT2D eigenvalue weighted by molar-refractivity contribution is 7.99. The van der Waals surface area contributed by atoms with Crippen LogP contribution in [0.3, 0.4) is 0 Å². The summed E-state index contributed by atoms with van der Waals surface area (Å²) in [5, 5.41) is 12.6. The van der Waals surface area contributed by atoms with Gasteiger partial charge in [-0.2, -0.15) is 11.8 Å². The number of hydrogen-bond acceptors (Lipinski definition) is 4. The molecule has 0 unspecified atom stereocenters. The van der Waals surface area contributed by atoms with E-state index >= 15 is 0 Å². The van der Waals surface area contributed by atoms with Crippen molar-refractivity contribution in [2.45, 2.75) is 148 Å². The molecule has 5 heteroatoms. The normalized spacial score (nSPS) is 15.0. The summed E-state index contributed by atoms with van der Waals surface area (Å²) < 4.78 is 0. The number of carbonyl (C=O) groups excluding carboxylic acids is 1. The van der Waals surface area contributed by atoms with Gasteiger partial charge in [-0.1, -0.05) is 103 Å². The number of thioether (sulfide) groups is 1. The fourth-order valence-corrected chi connectivity index (χ4v) is 5.95. The first-order chi connectivity index (χ1) is 17.2. The molecule has 0 aromatic heterocycles. The molecule has 1 amide bonds. The molecule has 0 aromatic rings. The number of rotatable bonds is 25. The molecule has 4 nitrogen and oxygen atoms in total. The van der Waals surface area contributed by atoms with Crippen LogP contribution in [0.2, 0.25) is 0 Å². The minimum absolute atomic E-state index is 0.121. The van der Waals surface area contributed by atoms with Crippen molar-refractivity contribution in [2.24, 2.45) is 0 Å². The second-order valence-electron chi connectivity index (χ2n) is 10.8. The van der Waals surface area contributed by atoms with Gasteiger partial charge in [-0.15, -0.1) is 0 Å². The predicted octanol–water partition coefficient (Wildman–Crippen LogP) is 7.72. The highest BCUT2D eigenvalue weighted by Gasteiger charge is 2.16. The van der Waals surface area contributed by atoms with E-state index in [-0.39, 0.29) is 12.0 Å². The van der Waals surface area contributed by atoms with E-state index in [1.165, 1.54) is 121 Å². The number of nitrogens with zero attached hydrogens (tertiary/aromatic N) is 1. The highest BCUT2D eigenvalue weighted by Crippen LogP contribution is 2.15. The molecular formula is C30H60N2O2S. The number of carbonyl (C=O) groups is 1. The van der Waals surface area contributed by atoms with E-state index < -0.39 is 0 Å². The Morgan fingerprint density at radius 1 is 0.743 bits per heavy atom. The maximum absolute atomic E-state index is 12.0. The van der Waals surface area contributed by atoms with Gasteiger partial charge in [0.05, 0.1) is 6.10 Å². The van der Waals surface area contributed by atoms with Gasteiger partial charge in [0, 0.05) is 32.6 Å². The molecule has 1 aliphatic rings. The van der Waals surface area contributed by atoms with Gasteiger partial charge in [-0.3, -0.25) is 4.79 Å². The largest absolute Gasteiger partial charge is 0.393 e. The molecular weight excluding hydrogens is 452 g/mol. The summed E-state index contributed by atoms with van der Waals surface area (Å²) in [6.45, 7) is 5.85. The molecule has 208 valence electrons. The van der Waals surface area contributed by atoms with E-state index in [1.54, 1.807) is 0 Å². The first-order valence-electron chi connectivity index (χ1n) is 15.5. The summed E-state index contributed by atoms with van der Waals surface area (Å²) in [6.07, 6.45) is 27.0. The zero-order valence-corrected chi connectivity index (χ0v) is 24.2. The lowest BCUT2D eigenvalue weighted by atomic mass is 10.1. The van der Waals surface area contributed by atoms with Gasteiger partial charge in [-0.05, 0) is 43.6 Å². The predicted molar refractivity (Wildman–Crippen MR) is 155 cm³/mol. The molecule has 0 radical (unpaired) electrons. The molecule has 1 saturated heterocycles. The molecule has 1 fully saturated rings. The van der Waals surface area contributed by atoms with Gasteiger partial charge in [0.2, 0.25) is 5.91 Å². The minimum Gasteiger partial charge on any atom is -0.393 e. The fraction of sp³-hybridized carbons (Fsp3) is 0.967. The van der Waals surface area contributed by atoms with E-state index in [1.807, 2.05) is 0 Å². The Hall–Kier alpha value is -0.260. The Balaban J connectivity index is 1.69. The molecule has 1 rings (SSSR count). The average molecular weight is 513 g/mol. The van der Waals surface area contributed by atoms with Crippen LogP contribution in [0.25, 0.3) is 0 Å².